The van der Waals surface area contributed by atoms with Crippen molar-refractivity contribution < 1.29 is 4.42 Å². The first-order valence-electron chi connectivity index (χ1n) is 5.39. The minimum absolute atomic E-state index is 0.235. The van der Waals surface area contributed by atoms with Crippen molar-refractivity contribution in [2.75, 3.05) is 0 Å². The van der Waals surface area contributed by atoms with Gasteiger partial charge in [-0.15, -0.1) is 0 Å². The van der Waals surface area contributed by atoms with Gasteiger partial charge in [-0.1, -0.05) is 13.8 Å². The van der Waals surface area contributed by atoms with Crippen LogP contribution in [0.2, 0.25) is 0 Å². The first-order chi connectivity index (χ1) is 6.61. The second-order valence-corrected chi connectivity index (χ2v) is 4.15. The number of aryl methyl sites for hydroxylation is 1. The Morgan fingerprint density at radius 1 is 1.36 bits per heavy atom. The molecular weight excluding hydrogens is 174 g/mol. The smallest absolute Gasteiger partial charge is 0.120 e. The number of nitrogens with one attached hydrogen (secondary N) is 1. The molecule has 14 heavy (non-hydrogen) atoms. The van der Waals surface area contributed by atoms with Gasteiger partial charge >= 0.3 is 0 Å². The second kappa shape index (κ2) is 4.65. The maximum absolute atomic E-state index is 5.39. The van der Waals surface area contributed by atoms with Gasteiger partial charge in [0.15, 0.2) is 0 Å². The molecule has 1 N–H and O–H groups in total. The van der Waals surface area contributed by atoms with E-state index >= 15 is 0 Å². The lowest BCUT2D eigenvalue weighted by atomic mass is 9.95. The van der Waals surface area contributed by atoms with Crippen molar-refractivity contribution >= 4 is 0 Å². The van der Waals surface area contributed by atoms with Crippen LogP contribution >= 0.6 is 0 Å². The van der Waals surface area contributed by atoms with Crippen molar-refractivity contribution in [3.63, 3.8) is 0 Å². The van der Waals surface area contributed by atoms with Gasteiger partial charge in [0.05, 0.1) is 12.8 Å². The quantitative estimate of drug-likeness (QED) is 0.780. The van der Waals surface area contributed by atoms with Crippen molar-refractivity contribution in [1.29, 1.82) is 0 Å². The van der Waals surface area contributed by atoms with Crippen molar-refractivity contribution in [3.05, 3.63) is 23.7 Å². The average Bonchev–Trinajstić information content (AvgIpc) is 2.61. The van der Waals surface area contributed by atoms with E-state index in [-0.39, 0.29) is 5.54 Å². The third kappa shape index (κ3) is 2.61. The Morgan fingerprint density at radius 2 is 2.00 bits per heavy atom. The van der Waals surface area contributed by atoms with Crippen molar-refractivity contribution in [1.82, 2.24) is 5.32 Å². The minimum atomic E-state index is 0.235. The summed E-state index contributed by atoms with van der Waals surface area (Å²) in [7, 11) is 0. The molecule has 1 rings (SSSR count). The van der Waals surface area contributed by atoms with E-state index in [1.807, 2.05) is 6.07 Å². The molecule has 0 radical (unpaired) electrons. The molecule has 0 aliphatic heterocycles. The molecule has 0 aliphatic rings. The first kappa shape index (κ1) is 11.3. The van der Waals surface area contributed by atoms with E-state index in [1.165, 1.54) is 5.56 Å². The fourth-order valence-electron chi connectivity index (χ4n) is 1.38. The Bertz CT molecular complexity index is 274. The summed E-state index contributed by atoms with van der Waals surface area (Å²) in [6.07, 6.45) is 4.04. The molecule has 0 amide bonds. The summed E-state index contributed by atoms with van der Waals surface area (Å²) in [5.74, 6) is 1.05. The van der Waals surface area contributed by atoms with E-state index in [0.717, 1.165) is 25.1 Å². The molecule has 0 atom stereocenters. The van der Waals surface area contributed by atoms with Gasteiger partial charge in [-0.3, -0.25) is 0 Å². The van der Waals surface area contributed by atoms with Gasteiger partial charge in [0, 0.05) is 5.54 Å². The highest BCUT2D eigenvalue weighted by atomic mass is 16.3. The van der Waals surface area contributed by atoms with E-state index in [0.29, 0.717) is 0 Å². The molecule has 2 nitrogen and oxygen atoms in total. The molecule has 0 fully saturated rings. The number of hydrogen-bond acceptors (Lipinski definition) is 2. The molecule has 80 valence electrons. The fraction of sp³-hybridized carbons (Fsp3) is 0.667. The Hall–Kier alpha value is -0.760. The number of hydrogen-bond donors (Lipinski definition) is 1. The van der Waals surface area contributed by atoms with Crippen LogP contribution in [0.25, 0.3) is 0 Å². The van der Waals surface area contributed by atoms with Gasteiger partial charge in [0.1, 0.15) is 5.76 Å². The monoisotopic (exact) mass is 195 g/mol. The molecule has 0 aromatic carbocycles. The van der Waals surface area contributed by atoms with Gasteiger partial charge in [0.2, 0.25) is 0 Å². The zero-order chi connectivity index (χ0) is 10.6. The Morgan fingerprint density at radius 3 is 2.43 bits per heavy atom. The van der Waals surface area contributed by atoms with Crippen molar-refractivity contribution in [2.45, 2.75) is 52.6 Å². The zero-order valence-corrected chi connectivity index (χ0v) is 9.68. The summed E-state index contributed by atoms with van der Waals surface area (Å²) in [6, 6.07) is 2.01. The van der Waals surface area contributed by atoms with Gasteiger partial charge < -0.3 is 9.73 Å². The Balaban J connectivity index is 2.52. The fourth-order valence-corrected chi connectivity index (χ4v) is 1.38. The van der Waals surface area contributed by atoms with Crippen LogP contribution in [-0.4, -0.2) is 5.54 Å². The molecule has 0 saturated heterocycles. The SMILES string of the molecule is CCC(C)(CC)NCc1occc1C. The molecule has 0 unspecified atom stereocenters. The van der Waals surface area contributed by atoms with Crippen LogP contribution in [0.1, 0.15) is 44.9 Å². The van der Waals surface area contributed by atoms with Gasteiger partial charge in [-0.05, 0) is 38.3 Å². The second-order valence-electron chi connectivity index (χ2n) is 4.15. The van der Waals surface area contributed by atoms with E-state index < -0.39 is 0 Å². The maximum atomic E-state index is 5.39. The minimum Gasteiger partial charge on any atom is -0.468 e. The lowest BCUT2D eigenvalue weighted by Gasteiger charge is -2.28. The highest BCUT2D eigenvalue weighted by Crippen LogP contribution is 2.16. The third-order valence-electron chi connectivity index (χ3n) is 3.20. The van der Waals surface area contributed by atoms with Crippen molar-refractivity contribution in [3.8, 4) is 0 Å². The summed E-state index contributed by atoms with van der Waals surface area (Å²) in [4.78, 5) is 0. The van der Waals surface area contributed by atoms with E-state index in [4.69, 9.17) is 4.42 Å². The molecular formula is C12H21NO. The van der Waals surface area contributed by atoms with Crippen LogP contribution in [0.15, 0.2) is 16.7 Å². The first-order valence-corrected chi connectivity index (χ1v) is 5.39. The van der Waals surface area contributed by atoms with Gasteiger partial charge in [0.25, 0.3) is 0 Å². The summed E-state index contributed by atoms with van der Waals surface area (Å²) in [6.45, 7) is 9.59. The number of rotatable bonds is 5. The van der Waals surface area contributed by atoms with Crippen LogP contribution in [-0.2, 0) is 6.54 Å². The normalized spacial score (nSPS) is 12.0. The number of furan rings is 1. The maximum Gasteiger partial charge on any atom is 0.120 e. The molecule has 0 spiro atoms. The Labute approximate surface area is 86.7 Å². The third-order valence-corrected chi connectivity index (χ3v) is 3.20. The molecule has 1 heterocycles. The molecule has 2 heteroatoms. The van der Waals surface area contributed by atoms with Gasteiger partial charge in [-0.2, -0.15) is 0 Å². The van der Waals surface area contributed by atoms with E-state index in [1.54, 1.807) is 6.26 Å². The lowest BCUT2D eigenvalue weighted by molar-refractivity contribution is 0.313. The van der Waals surface area contributed by atoms with Crippen LogP contribution in [0.5, 0.6) is 0 Å². The highest BCUT2D eigenvalue weighted by molar-refractivity contribution is 5.14. The predicted octanol–water partition coefficient (Wildman–Crippen LogP) is 3.26. The average molecular weight is 195 g/mol. The van der Waals surface area contributed by atoms with Crippen LogP contribution < -0.4 is 5.32 Å². The molecule has 1 aromatic heterocycles. The Kier molecular flexibility index (Phi) is 3.76. The van der Waals surface area contributed by atoms with E-state index in [9.17, 15) is 0 Å². The predicted molar refractivity (Wildman–Crippen MR) is 59.3 cm³/mol. The summed E-state index contributed by atoms with van der Waals surface area (Å²) < 4.78 is 5.39. The molecule has 1 aromatic rings. The highest BCUT2D eigenvalue weighted by Gasteiger charge is 2.18. The molecule has 0 saturated carbocycles. The zero-order valence-electron chi connectivity index (χ0n) is 9.68. The summed E-state index contributed by atoms with van der Waals surface area (Å²) in [5.41, 5.74) is 1.46. The van der Waals surface area contributed by atoms with Gasteiger partial charge in [-0.25, -0.2) is 0 Å². The van der Waals surface area contributed by atoms with Crippen LogP contribution in [0.3, 0.4) is 0 Å². The van der Waals surface area contributed by atoms with Crippen LogP contribution in [0, 0.1) is 6.92 Å². The summed E-state index contributed by atoms with van der Waals surface area (Å²) >= 11 is 0. The largest absolute Gasteiger partial charge is 0.468 e. The van der Waals surface area contributed by atoms with Crippen molar-refractivity contribution in [2.24, 2.45) is 0 Å². The standard InChI is InChI=1S/C12H21NO/c1-5-12(4,6-2)13-9-11-10(3)7-8-14-11/h7-8,13H,5-6,9H2,1-4H3. The molecule has 0 bridgehead atoms. The van der Waals surface area contributed by atoms with E-state index in [2.05, 4.69) is 33.0 Å². The summed E-state index contributed by atoms with van der Waals surface area (Å²) in [5, 5.41) is 3.54. The topological polar surface area (TPSA) is 25.2 Å². The van der Waals surface area contributed by atoms with Crippen LogP contribution in [0.4, 0.5) is 0 Å². The lowest BCUT2D eigenvalue weighted by Crippen LogP contribution is -2.40. The molecule has 0 aliphatic carbocycles.